The number of phenolic OH excluding ortho intramolecular Hbond substituents is 1. The summed E-state index contributed by atoms with van der Waals surface area (Å²) in [5.41, 5.74) is 2.41. The average molecular weight is 618 g/mol. The molecule has 1 aromatic heterocycles. The molecule has 1 aliphatic carbocycles. The van der Waals surface area contributed by atoms with E-state index >= 15 is 0 Å². The van der Waals surface area contributed by atoms with Crippen LogP contribution in [0, 0.1) is 11.8 Å². The number of unbranched alkanes of at least 4 members (excludes halogenated alkanes) is 1. The van der Waals surface area contributed by atoms with Gasteiger partial charge in [0.2, 0.25) is 17.4 Å². The van der Waals surface area contributed by atoms with Gasteiger partial charge in [0.15, 0.2) is 0 Å². The summed E-state index contributed by atoms with van der Waals surface area (Å²) < 4.78 is 0. The van der Waals surface area contributed by atoms with Gasteiger partial charge in [-0.15, -0.1) is 0 Å². The molecule has 1 saturated heterocycles. The summed E-state index contributed by atoms with van der Waals surface area (Å²) in [6.07, 6.45) is 5.76. The first kappa shape index (κ1) is 32.7. The fourth-order valence-electron chi connectivity index (χ4n) is 6.87. The Morgan fingerprint density at radius 3 is 2.44 bits per heavy atom. The Morgan fingerprint density at radius 1 is 0.978 bits per heavy atom. The van der Waals surface area contributed by atoms with Crippen LogP contribution >= 0.6 is 0 Å². The molecule has 0 bridgehead atoms. The third-order valence-corrected chi connectivity index (χ3v) is 9.63. The molecule has 10 nitrogen and oxygen atoms in total. The minimum absolute atomic E-state index is 0.0417. The second-order valence-electron chi connectivity index (χ2n) is 12.8. The van der Waals surface area contributed by atoms with Gasteiger partial charge in [0, 0.05) is 83.3 Å². The van der Waals surface area contributed by atoms with Crippen molar-refractivity contribution in [3.63, 3.8) is 0 Å². The van der Waals surface area contributed by atoms with Crippen LogP contribution in [0.25, 0.3) is 10.9 Å². The van der Waals surface area contributed by atoms with Crippen molar-refractivity contribution in [2.24, 2.45) is 11.8 Å². The molecule has 0 radical (unpaired) electrons. The molecule has 1 saturated carbocycles. The number of hydrogen-bond acceptors (Lipinski definition) is 7. The number of aromatic amines is 1. The van der Waals surface area contributed by atoms with Crippen LogP contribution in [0.4, 0.5) is 5.69 Å². The molecule has 5 rings (SSSR count). The van der Waals surface area contributed by atoms with E-state index in [1.165, 1.54) is 31.4 Å². The topological polar surface area (TPSA) is 129 Å². The van der Waals surface area contributed by atoms with E-state index in [-0.39, 0.29) is 29.7 Å². The minimum atomic E-state index is -0.838. The van der Waals surface area contributed by atoms with Crippen LogP contribution < -0.4 is 15.8 Å². The second kappa shape index (κ2) is 15.0. The molecule has 2 fully saturated rings. The largest absolute Gasteiger partial charge is 0.506 e. The standard InChI is InChI=1S/C35H47N5O5/c1-38(33(44)17-19-40-22-25-6-5-7-26(25)23-40)18-4-3-8-34(45)39(2)27-11-9-24(10-12-27)20-36-21-31(42)28-13-15-30(41)35-29(28)14-16-32(43)37-35/h9-16,25-26,31,36,41-42H,3-8,17-23H2,1-2H3,(H,37,43). The lowest BCUT2D eigenvalue weighted by Gasteiger charge is -2.21. The third-order valence-electron chi connectivity index (χ3n) is 9.63. The van der Waals surface area contributed by atoms with Gasteiger partial charge in [-0.2, -0.15) is 0 Å². The number of benzene rings is 2. The normalized spacial score (nSPS) is 18.6. The number of phenols is 1. The highest BCUT2D eigenvalue weighted by atomic mass is 16.3. The molecule has 2 heterocycles. The molecular weight excluding hydrogens is 570 g/mol. The molecule has 3 atom stereocenters. The highest BCUT2D eigenvalue weighted by molar-refractivity contribution is 5.92. The van der Waals surface area contributed by atoms with E-state index in [0.29, 0.717) is 42.4 Å². The Morgan fingerprint density at radius 2 is 1.71 bits per heavy atom. The van der Waals surface area contributed by atoms with Crippen LogP contribution in [0.15, 0.2) is 53.3 Å². The highest BCUT2D eigenvalue weighted by Gasteiger charge is 2.35. The zero-order valence-electron chi connectivity index (χ0n) is 26.5. The van der Waals surface area contributed by atoms with Crippen molar-refractivity contribution < 1.29 is 19.8 Å². The highest BCUT2D eigenvalue weighted by Crippen LogP contribution is 2.37. The molecule has 2 aliphatic rings. The zero-order chi connectivity index (χ0) is 31.9. The van der Waals surface area contributed by atoms with Crippen LogP contribution in [0.2, 0.25) is 0 Å². The average Bonchev–Trinajstić information content (AvgIpc) is 3.64. The molecule has 3 aromatic rings. The van der Waals surface area contributed by atoms with Crippen molar-refractivity contribution in [2.75, 3.05) is 51.7 Å². The number of pyridine rings is 1. The molecule has 10 heteroatoms. The number of fused-ring (bicyclic) bond motifs is 2. The van der Waals surface area contributed by atoms with E-state index in [1.54, 1.807) is 24.1 Å². The minimum Gasteiger partial charge on any atom is -0.506 e. The number of nitrogens with zero attached hydrogens (tertiary/aromatic N) is 3. The van der Waals surface area contributed by atoms with Crippen molar-refractivity contribution >= 4 is 28.4 Å². The van der Waals surface area contributed by atoms with Gasteiger partial charge in [0.1, 0.15) is 5.75 Å². The van der Waals surface area contributed by atoms with Crippen molar-refractivity contribution in [3.05, 3.63) is 70.0 Å². The van der Waals surface area contributed by atoms with Crippen molar-refractivity contribution in [2.45, 2.75) is 57.6 Å². The summed E-state index contributed by atoms with van der Waals surface area (Å²) in [7, 11) is 3.65. The molecule has 242 valence electrons. The van der Waals surface area contributed by atoms with Gasteiger partial charge in [-0.1, -0.05) is 24.6 Å². The number of carbonyl (C=O) groups is 2. The first-order valence-corrected chi connectivity index (χ1v) is 16.2. The number of likely N-dealkylation sites (tertiary alicyclic amines) is 1. The smallest absolute Gasteiger partial charge is 0.248 e. The van der Waals surface area contributed by atoms with E-state index in [1.807, 2.05) is 36.2 Å². The van der Waals surface area contributed by atoms with E-state index in [4.69, 9.17) is 0 Å². The van der Waals surface area contributed by atoms with Gasteiger partial charge < -0.3 is 35.2 Å². The number of aromatic nitrogens is 1. The number of hydrogen-bond donors (Lipinski definition) is 4. The molecule has 2 amide bonds. The Labute approximate surface area is 265 Å². The number of rotatable bonds is 14. The third kappa shape index (κ3) is 8.31. The van der Waals surface area contributed by atoms with Crippen LogP contribution in [-0.4, -0.2) is 83.6 Å². The Balaban J connectivity index is 0.988. The number of aliphatic hydroxyl groups is 1. The molecule has 1 aliphatic heterocycles. The molecule has 0 spiro atoms. The predicted octanol–water partition coefficient (Wildman–Crippen LogP) is 3.77. The molecule has 45 heavy (non-hydrogen) atoms. The predicted molar refractivity (Wildman–Crippen MR) is 176 cm³/mol. The summed E-state index contributed by atoms with van der Waals surface area (Å²) in [5, 5.41) is 24.7. The maximum Gasteiger partial charge on any atom is 0.248 e. The van der Waals surface area contributed by atoms with Crippen LogP contribution in [0.5, 0.6) is 5.75 Å². The molecule has 4 N–H and O–H groups in total. The lowest BCUT2D eigenvalue weighted by atomic mass is 10.0. The van der Waals surface area contributed by atoms with Crippen LogP contribution in [0.3, 0.4) is 0 Å². The van der Waals surface area contributed by atoms with Gasteiger partial charge in [-0.25, -0.2) is 0 Å². The quantitative estimate of drug-likeness (QED) is 0.203. The number of H-pyrrole nitrogens is 1. The summed E-state index contributed by atoms with van der Waals surface area (Å²) in [4.78, 5) is 45.6. The molecule has 2 aromatic carbocycles. The Bertz CT molecular complexity index is 1510. The fraction of sp³-hybridized carbons (Fsp3) is 0.514. The van der Waals surface area contributed by atoms with E-state index in [0.717, 1.165) is 55.6 Å². The Hall–Kier alpha value is -3.73. The van der Waals surface area contributed by atoms with E-state index < -0.39 is 6.10 Å². The maximum absolute atomic E-state index is 12.8. The number of aliphatic hydroxyl groups excluding tert-OH is 1. The first-order chi connectivity index (χ1) is 21.7. The second-order valence-corrected chi connectivity index (χ2v) is 12.8. The maximum atomic E-state index is 12.8. The van der Waals surface area contributed by atoms with Crippen molar-refractivity contribution in [1.82, 2.24) is 20.1 Å². The summed E-state index contributed by atoms with van der Waals surface area (Å²) in [6.45, 7) is 4.64. The SMILES string of the molecule is CN(CCCCC(=O)N(C)c1ccc(CNCC(O)c2ccc(O)c3[nH]c(=O)ccc23)cc1)C(=O)CCN1CC2CCCC2C1. The molecule has 3 unspecified atom stereocenters. The van der Waals surface area contributed by atoms with E-state index in [2.05, 4.69) is 15.2 Å². The van der Waals surface area contributed by atoms with Crippen LogP contribution in [0.1, 0.15) is 62.2 Å². The lowest BCUT2D eigenvalue weighted by Crippen LogP contribution is -2.32. The summed E-state index contributed by atoms with van der Waals surface area (Å²) in [6, 6.07) is 13.8. The van der Waals surface area contributed by atoms with Gasteiger partial charge in [0.05, 0.1) is 11.6 Å². The lowest BCUT2D eigenvalue weighted by molar-refractivity contribution is -0.130. The summed E-state index contributed by atoms with van der Waals surface area (Å²) in [5.74, 6) is 1.89. The van der Waals surface area contributed by atoms with Gasteiger partial charge in [-0.05, 0) is 72.9 Å². The van der Waals surface area contributed by atoms with E-state index in [9.17, 15) is 24.6 Å². The van der Waals surface area contributed by atoms with Crippen molar-refractivity contribution in [3.8, 4) is 5.75 Å². The summed E-state index contributed by atoms with van der Waals surface area (Å²) >= 11 is 0. The number of anilines is 1. The van der Waals surface area contributed by atoms with Gasteiger partial charge in [0.25, 0.3) is 0 Å². The van der Waals surface area contributed by atoms with Gasteiger partial charge in [-0.3, -0.25) is 14.4 Å². The fourth-order valence-corrected chi connectivity index (χ4v) is 6.87. The number of aromatic hydroxyl groups is 1. The Kier molecular flexibility index (Phi) is 10.9. The number of carbonyl (C=O) groups excluding carboxylic acids is 2. The molecular formula is C35H47N5O5. The number of amides is 2. The van der Waals surface area contributed by atoms with Crippen LogP contribution in [-0.2, 0) is 16.1 Å². The number of nitrogens with one attached hydrogen (secondary N) is 2. The zero-order valence-corrected chi connectivity index (χ0v) is 26.5. The first-order valence-electron chi connectivity index (χ1n) is 16.2. The van der Waals surface area contributed by atoms with Gasteiger partial charge >= 0.3 is 0 Å². The van der Waals surface area contributed by atoms with Crippen molar-refractivity contribution in [1.29, 1.82) is 0 Å². The monoisotopic (exact) mass is 617 g/mol.